The van der Waals surface area contributed by atoms with Crippen molar-refractivity contribution in [2.24, 2.45) is 0 Å². The van der Waals surface area contributed by atoms with Gasteiger partial charge in [0, 0.05) is 12.1 Å². The van der Waals surface area contributed by atoms with Gasteiger partial charge in [-0.1, -0.05) is 11.6 Å². The van der Waals surface area contributed by atoms with Crippen LogP contribution in [0.3, 0.4) is 0 Å². The Labute approximate surface area is 86.0 Å². The molecule has 0 aromatic carbocycles. The van der Waals surface area contributed by atoms with E-state index >= 15 is 0 Å². The fraction of sp³-hybridized carbons (Fsp3) is 0.111. The molecule has 4 nitrogen and oxygen atoms in total. The van der Waals surface area contributed by atoms with E-state index in [2.05, 4.69) is 21.6 Å². The lowest BCUT2D eigenvalue weighted by Gasteiger charge is -1.97. The van der Waals surface area contributed by atoms with E-state index in [4.69, 9.17) is 17.3 Å². The van der Waals surface area contributed by atoms with Crippen molar-refractivity contribution in [3.05, 3.63) is 23.0 Å². The summed E-state index contributed by atoms with van der Waals surface area (Å²) in [5, 5.41) is 0.168. The van der Waals surface area contributed by atoms with Crippen LogP contribution >= 0.6 is 11.6 Å². The van der Waals surface area contributed by atoms with E-state index in [0.29, 0.717) is 11.3 Å². The van der Waals surface area contributed by atoms with Crippen molar-refractivity contribution < 1.29 is 9.53 Å². The quantitative estimate of drug-likeness (QED) is 0.392. The normalized spacial score (nSPS) is 8.71. The number of carbonyl (C=O) groups is 1. The minimum absolute atomic E-state index is 0.168. The molecule has 5 heteroatoms. The molecular formula is C9H7ClN2O2. The van der Waals surface area contributed by atoms with Gasteiger partial charge in [-0.3, -0.25) is 0 Å². The number of nitrogens with two attached hydrogens (primary N) is 1. The first-order chi connectivity index (χ1) is 6.65. The Morgan fingerprint density at radius 2 is 2.43 bits per heavy atom. The molecule has 1 heterocycles. The predicted molar refractivity (Wildman–Crippen MR) is 52.6 cm³/mol. The molecule has 0 atom stereocenters. The third-order valence-corrected chi connectivity index (χ3v) is 1.70. The number of hydrogen-bond donors (Lipinski definition) is 1. The summed E-state index contributed by atoms with van der Waals surface area (Å²) < 4.78 is 4.33. The first-order valence-electron chi connectivity index (χ1n) is 3.65. The van der Waals surface area contributed by atoms with Crippen LogP contribution in [-0.2, 0) is 9.53 Å². The summed E-state index contributed by atoms with van der Waals surface area (Å²) in [6, 6.07) is 1.55. The number of rotatable bonds is 0. The molecule has 0 aliphatic rings. The lowest BCUT2D eigenvalue weighted by Crippen LogP contribution is -1.96. The largest absolute Gasteiger partial charge is 0.459 e. The maximum absolute atomic E-state index is 10.7. The fourth-order valence-electron chi connectivity index (χ4n) is 0.738. The number of anilines is 1. The van der Waals surface area contributed by atoms with Crippen LogP contribution in [0.15, 0.2) is 12.3 Å². The van der Waals surface area contributed by atoms with E-state index in [9.17, 15) is 4.79 Å². The molecule has 1 aromatic rings. The first-order valence-corrected chi connectivity index (χ1v) is 4.03. The van der Waals surface area contributed by atoms with Crippen LogP contribution in [0.4, 0.5) is 5.69 Å². The molecule has 72 valence electrons. The number of nitrogen functional groups attached to an aromatic ring is 1. The molecular weight excluding hydrogens is 204 g/mol. The van der Waals surface area contributed by atoms with Crippen LogP contribution in [0, 0.1) is 11.8 Å². The zero-order valence-corrected chi connectivity index (χ0v) is 8.13. The highest BCUT2D eigenvalue weighted by Gasteiger charge is 2.02. The van der Waals surface area contributed by atoms with Gasteiger partial charge < -0.3 is 10.5 Å². The van der Waals surface area contributed by atoms with E-state index in [1.165, 1.54) is 13.3 Å². The van der Waals surface area contributed by atoms with Gasteiger partial charge in [-0.2, -0.15) is 0 Å². The highest BCUT2D eigenvalue weighted by Crippen LogP contribution is 2.17. The van der Waals surface area contributed by atoms with Gasteiger partial charge in [0.1, 0.15) is 5.15 Å². The second-order valence-corrected chi connectivity index (χ2v) is 2.67. The third-order valence-electron chi connectivity index (χ3n) is 1.41. The summed E-state index contributed by atoms with van der Waals surface area (Å²) in [5.74, 6) is 4.05. The highest BCUT2D eigenvalue weighted by atomic mass is 35.5. The summed E-state index contributed by atoms with van der Waals surface area (Å²) in [6.45, 7) is 0. The number of nitrogens with zero attached hydrogens (tertiary/aromatic N) is 1. The smallest absolute Gasteiger partial charge is 0.384 e. The zero-order valence-electron chi connectivity index (χ0n) is 7.37. The van der Waals surface area contributed by atoms with Gasteiger partial charge in [0.15, 0.2) is 0 Å². The van der Waals surface area contributed by atoms with Crippen molar-refractivity contribution >= 4 is 23.3 Å². The second kappa shape index (κ2) is 4.49. The number of carbonyl (C=O) groups excluding carboxylic acids is 1. The molecule has 14 heavy (non-hydrogen) atoms. The Hall–Kier alpha value is -1.73. The summed E-state index contributed by atoms with van der Waals surface area (Å²) in [7, 11) is 1.24. The molecule has 0 bridgehead atoms. The summed E-state index contributed by atoms with van der Waals surface area (Å²) in [4.78, 5) is 14.5. The predicted octanol–water partition coefficient (Wildman–Crippen LogP) is 0.842. The van der Waals surface area contributed by atoms with Crippen molar-refractivity contribution in [3.8, 4) is 11.8 Å². The molecule has 0 aliphatic heterocycles. The maximum Gasteiger partial charge on any atom is 0.384 e. The number of esters is 1. The van der Waals surface area contributed by atoms with Gasteiger partial charge in [0.25, 0.3) is 0 Å². The molecule has 0 spiro atoms. The molecule has 0 unspecified atom stereocenters. The van der Waals surface area contributed by atoms with Gasteiger partial charge in [-0.15, -0.1) is 0 Å². The van der Waals surface area contributed by atoms with Crippen molar-refractivity contribution in [3.63, 3.8) is 0 Å². The summed E-state index contributed by atoms with van der Waals surface area (Å²) in [5.41, 5.74) is 6.28. The Bertz CT molecular complexity index is 400. The molecule has 0 fully saturated rings. The Morgan fingerprint density at radius 1 is 1.71 bits per heavy atom. The van der Waals surface area contributed by atoms with E-state index in [1.54, 1.807) is 6.07 Å². The lowest BCUT2D eigenvalue weighted by molar-refractivity contribution is -0.133. The van der Waals surface area contributed by atoms with Gasteiger partial charge in [0.05, 0.1) is 18.4 Å². The Kier molecular flexibility index (Phi) is 3.32. The molecule has 2 N–H and O–H groups in total. The molecule has 1 rings (SSSR count). The standard InChI is InChI=1S/C9H7ClN2O2/c1-14-8(13)3-2-6-7(11)4-5-12-9(6)10/h4-5H,1H3,(H2,11,12). The van der Waals surface area contributed by atoms with E-state index in [0.717, 1.165) is 0 Å². The van der Waals surface area contributed by atoms with Crippen molar-refractivity contribution in [2.45, 2.75) is 0 Å². The Balaban J connectivity index is 3.06. The van der Waals surface area contributed by atoms with Crippen LogP contribution in [0.1, 0.15) is 5.56 Å². The average molecular weight is 211 g/mol. The van der Waals surface area contributed by atoms with E-state index in [-0.39, 0.29) is 5.15 Å². The van der Waals surface area contributed by atoms with Crippen molar-refractivity contribution in [1.29, 1.82) is 0 Å². The number of ether oxygens (including phenoxy) is 1. The van der Waals surface area contributed by atoms with E-state index in [1.807, 2.05) is 0 Å². The molecule has 0 radical (unpaired) electrons. The fourth-order valence-corrected chi connectivity index (χ4v) is 0.951. The van der Waals surface area contributed by atoms with Gasteiger partial charge in [-0.05, 0) is 12.0 Å². The second-order valence-electron chi connectivity index (χ2n) is 2.31. The Morgan fingerprint density at radius 3 is 3.00 bits per heavy atom. The summed E-state index contributed by atoms with van der Waals surface area (Å²) in [6.07, 6.45) is 1.46. The van der Waals surface area contributed by atoms with Crippen LogP contribution in [-0.4, -0.2) is 18.1 Å². The maximum atomic E-state index is 10.7. The number of aromatic nitrogens is 1. The third kappa shape index (κ3) is 2.38. The van der Waals surface area contributed by atoms with Crippen molar-refractivity contribution in [2.75, 3.05) is 12.8 Å². The molecule has 0 saturated carbocycles. The number of hydrogen-bond acceptors (Lipinski definition) is 4. The highest BCUT2D eigenvalue weighted by molar-refractivity contribution is 6.31. The van der Waals surface area contributed by atoms with Gasteiger partial charge in [0.2, 0.25) is 0 Å². The molecule has 0 amide bonds. The topological polar surface area (TPSA) is 65.2 Å². The van der Waals surface area contributed by atoms with Crippen LogP contribution < -0.4 is 5.73 Å². The molecule has 0 aliphatic carbocycles. The monoisotopic (exact) mass is 210 g/mol. The van der Waals surface area contributed by atoms with Crippen LogP contribution in [0.25, 0.3) is 0 Å². The van der Waals surface area contributed by atoms with Crippen molar-refractivity contribution in [1.82, 2.24) is 4.98 Å². The zero-order chi connectivity index (χ0) is 10.6. The summed E-state index contributed by atoms with van der Waals surface area (Å²) >= 11 is 5.71. The minimum Gasteiger partial charge on any atom is -0.459 e. The minimum atomic E-state index is -0.649. The van der Waals surface area contributed by atoms with E-state index < -0.39 is 5.97 Å². The molecule has 0 saturated heterocycles. The lowest BCUT2D eigenvalue weighted by atomic mass is 10.2. The molecule has 1 aromatic heterocycles. The van der Waals surface area contributed by atoms with Crippen LogP contribution in [0.5, 0.6) is 0 Å². The average Bonchev–Trinajstić information content (AvgIpc) is 2.16. The number of halogens is 1. The van der Waals surface area contributed by atoms with Gasteiger partial charge >= 0.3 is 5.97 Å². The van der Waals surface area contributed by atoms with Crippen LogP contribution in [0.2, 0.25) is 5.15 Å². The SMILES string of the molecule is COC(=O)C#Cc1c(N)ccnc1Cl. The van der Waals surface area contributed by atoms with Gasteiger partial charge in [-0.25, -0.2) is 9.78 Å². The number of pyridine rings is 1. The number of methoxy groups -OCH3 is 1. The first kappa shape index (κ1) is 10.4.